The summed E-state index contributed by atoms with van der Waals surface area (Å²) in [5, 5.41) is 0. The molecule has 0 bridgehead atoms. The van der Waals surface area contributed by atoms with Crippen molar-refractivity contribution >= 4 is 17.5 Å². The van der Waals surface area contributed by atoms with E-state index in [2.05, 4.69) is 24.0 Å². The zero-order valence-electron chi connectivity index (χ0n) is 12.5. The van der Waals surface area contributed by atoms with Gasteiger partial charge in [-0.3, -0.25) is 0 Å². The number of hydrogen-bond donors (Lipinski definition) is 1. The number of aryl methyl sites for hydroxylation is 1. The molecule has 0 saturated heterocycles. The molecule has 0 amide bonds. The molecule has 0 spiro atoms. The van der Waals surface area contributed by atoms with Crippen LogP contribution in [0.3, 0.4) is 0 Å². The van der Waals surface area contributed by atoms with Gasteiger partial charge in [-0.1, -0.05) is 24.3 Å². The van der Waals surface area contributed by atoms with Crippen LogP contribution >= 0.6 is 0 Å². The van der Waals surface area contributed by atoms with Crippen LogP contribution in [0.1, 0.15) is 21.5 Å². The minimum absolute atomic E-state index is 0.369. The number of hydrogen-bond acceptors (Lipinski definition) is 5. The molecule has 110 valence electrons. The molecule has 2 N–H and O–H groups in total. The van der Waals surface area contributed by atoms with Crippen molar-refractivity contribution in [1.29, 1.82) is 0 Å². The molecule has 0 aliphatic rings. The van der Waals surface area contributed by atoms with Crippen molar-refractivity contribution in [3.05, 3.63) is 53.2 Å². The monoisotopic (exact) mass is 285 g/mol. The lowest BCUT2D eigenvalue weighted by Crippen LogP contribution is -2.22. The molecule has 0 aliphatic heterocycles. The zero-order chi connectivity index (χ0) is 15.4. The van der Waals surface area contributed by atoms with E-state index in [4.69, 9.17) is 10.5 Å². The fourth-order valence-corrected chi connectivity index (χ4v) is 2.16. The van der Waals surface area contributed by atoms with Gasteiger partial charge in [0.25, 0.3) is 0 Å². The highest BCUT2D eigenvalue weighted by Crippen LogP contribution is 2.22. The Morgan fingerprint density at radius 2 is 2.10 bits per heavy atom. The number of ether oxygens (including phenoxy) is 1. The maximum absolute atomic E-state index is 11.9. The van der Waals surface area contributed by atoms with Crippen LogP contribution in [0.4, 0.5) is 11.5 Å². The number of methoxy groups -OCH3 is 1. The smallest absolute Gasteiger partial charge is 0.341 e. The molecule has 1 aromatic heterocycles. The van der Waals surface area contributed by atoms with E-state index in [1.54, 1.807) is 6.07 Å². The van der Waals surface area contributed by atoms with Crippen molar-refractivity contribution in [1.82, 2.24) is 4.98 Å². The van der Waals surface area contributed by atoms with Crippen molar-refractivity contribution in [2.45, 2.75) is 13.5 Å². The summed E-state index contributed by atoms with van der Waals surface area (Å²) in [4.78, 5) is 18.0. The maximum atomic E-state index is 11.9. The average molecular weight is 285 g/mol. The third-order valence-corrected chi connectivity index (χ3v) is 3.32. The van der Waals surface area contributed by atoms with E-state index >= 15 is 0 Å². The van der Waals surface area contributed by atoms with Gasteiger partial charge in [-0.15, -0.1) is 0 Å². The molecule has 0 saturated carbocycles. The molecule has 0 fully saturated rings. The van der Waals surface area contributed by atoms with Gasteiger partial charge in [-0.25, -0.2) is 9.78 Å². The van der Waals surface area contributed by atoms with Crippen molar-refractivity contribution < 1.29 is 9.53 Å². The highest BCUT2D eigenvalue weighted by molar-refractivity contribution is 5.95. The van der Waals surface area contributed by atoms with Gasteiger partial charge in [0.15, 0.2) is 0 Å². The molecular formula is C16H19N3O2. The third-order valence-electron chi connectivity index (χ3n) is 3.32. The van der Waals surface area contributed by atoms with Crippen LogP contribution in [-0.4, -0.2) is 25.1 Å². The van der Waals surface area contributed by atoms with Gasteiger partial charge < -0.3 is 15.4 Å². The second-order valence-electron chi connectivity index (χ2n) is 4.91. The Kier molecular flexibility index (Phi) is 4.42. The first-order chi connectivity index (χ1) is 10.0. The SMILES string of the molecule is COC(=O)c1cc(N)cnc1N(C)Cc1ccccc1C. The molecule has 0 unspecified atom stereocenters. The van der Waals surface area contributed by atoms with Crippen molar-refractivity contribution in [3.63, 3.8) is 0 Å². The van der Waals surface area contributed by atoms with Crippen LogP contribution < -0.4 is 10.6 Å². The van der Waals surface area contributed by atoms with E-state index in [9.17, 15) is 4.79 Å². The van der Waals surface area contributed by atoms with Crippen molar-refractivity contribution in [2.75, 3.05) is 24.8 Å². The lowest BCUT2D eigenvalue weighted by atomic mass is 10.1. The molecule has 0 atom stereocenters. The Bertz CT molecular complexity index is 656. The van der Waals surface area contributed by atoms with Gasteiger partial charge >= 0.3 is 5.97 Å². The molecule has 1 heterocycles. The molecule has 5 nitrogen and oxygen atoms in total. The standard InChI is InChI=1S/C16H19N3O2/c1-11-6-4-5-7-12(11)10-19(2)15-14(16(20)21-3)8-13(17)9-18-15/h4-9H,10,17H2,1-3H3. The van der Waals surface area contributed by atoms with Gasteiger partial charge in [0.2, 0.25) is 0 Å². The van der Waals surface area contributed by atoms with Gasteiger partial charge in [-0.2, -0.15) is 0 Å². The third kappa shape index (κ3) is 3.31. The number of carbonyl (C=O) groups is 1. The van der Waals surface area contributed by atoms with Crippen LogP contribution in [0, 0.1) is 6.92 Å². The first-order valence-corrected chi connectivity index (χ1v) is 6.62. The van der Waals surface area contributed by atoms with Crippen molar-refractivity contribution in [2.24, 2.45) is 0 Å². The second-order valence-corrected chi connectivity index (χ2v) is 4.91. The largest absolute Gasteiger partial charge is 0.465 e. The van der Waals surface area contributed by atoms with E-state index in [0.29, 0.717) is 23.6 Å². The molecule has 21 heavy (non-hydrogen) atoms. The average Bonchev–Trinajstić information content (AvgIpc) is 2.48. The summed E-state index contributed by atoms with van der Waals surface area (Å²) in [6.45, 7) is 2.70. The highest BCUT2D eigenvalue weighted by atomic mass is 16.5. The van der Waals surface area contributed by atoms with Crippen LogP contribution in [0.25, 0.3) is 0 Å². The predicted octanol–water partition coefficient (Wildman–Crippen LogP) is 2.40. The second kappa shape index (κ2) is 6.26. The Morgan fingerprint density at radius 3 is 2.76 bits per heavy atom. The first kappa shape index (κ1) is 14.8. The van der Waals surface area contributed by atoms with E-state index in [1.165, 1.54) is 24.4 Å². The number of pyridine rings is 1. The topological polar surface area (TPSA) is 68.5 Å². The molecule has 1 aromatic carbocycles. The molecule has 2 aromatic rings. The van der Waals surface area contributed by atoms with Crippen LogP contribution in [0.15, 0.2) is 36.5 Å². The molecule has 5 heteroatoms. The normalized spacial score (nSPS) is 10.2. The fraction of sp³-hybridized carbons (Fsp3) is 0.250. The first-order valence-electron chi connectivity index (χ1n) is 6.62. The van der Waals surface area contributed by atoms with E-state index < -0.39 is 5.97 Å². The molecule has 0 radical (unpaired) electrons. The summed E-state index contributed by atoms with van der Waals surface area (Å²) in [6, 6.07) is 9.69. The minimum atomic E-state index is -0.443. The molecule has 2 rings (SSSR count). The zero-order valence-corrected chi connectivity index (χ0v) is 12.5. The van der Waals surface area contributed by atoms with Gasteiger partial charge in [-0.05, 0) is 24.1 Å². The minimum Gasteiger partial charge on any atom is -0.465 e. The summed E-state index contributed by atoms with van der Waals surface area (Å²) in [7, 11) is 3.23. The number of nitrogens with two attached hydrogens (primary N) is 1. The van der Waals surface area contributed by atoms with Crippen LogP contribution in [0.2, 0.25) is 0 Å². The lowest BCUT2D eigenvalue weighted by Gasteiger charge is -2.21. The number of aromatic nitrogens is 1. The van der Waals surface area contributed by atoms with Gasteiger partial charge in [0, 0.05) is 13.6 Å². The molecular weight excluding hydrogens is 266 g/mol. The number of nitrogens with zero attached hydrogens (tertiary/aromatic N) is 2. The van der Waals surface area contributed by atoms with Crippen LogP contribution in [0.5, 0.6) is 0 Å². The maximum Gasteiger partial charge on any atom is 0.341 e. The van der Waals surface area contributed by atoms with Gasteiger partial charge in [0.05, 0.1) is 19.0 Å². The summed E-state index contributed by atoms with van der Waals surface area (Å²) in [5.74, 6) is 0.112. The number of rotatable bonds is 4. The van der Waals surface area contributed by atoms with Crippen molar-refractivity contribution in [3.8, 4) is 0 Å². The van der Waals surface area contributed by atoms with E-state index in [0.717, 1.165) is 0 Å². The Morgan fingerprint density at radius 1 is 1.38 bits per heavy atom. The lowest BCUT2D eigenvalue weighted by molar-refractivity contribution is 0.0601. The van der Waals surface area contributed by atoms with Gasteiger partial charge in [0.1, 0.15) is 11.4 Å². The molecule has 0 aliphatic carbocycles. The van der Waals surface area contributed by atoms with E-state index in [-0.39, 0.29) is 0 Å². The van der Waals surface area contributed by atoms with E-state index in [1.807, 2.05) is 24.1 Å². The fourth-order valence-electron chi connectivity index (χ4n) is 2.16. The summed E-state index contributed by atoms with van der Waals surface area (Å²) in [6.07, 6.45) is 1.54. The Balaban J connectivity index is 2.33. The predicted molar refractivity (Wildman–Crippen MR) is 83.3 cm³/mol. The number of esters is 1. The summed E-state index contributed by atoms with van der Waals surface area (Å²) in [5.41, 5.74) is 8.88. The Hall–Kier alpha value is -2.56. The summed E-state index contributed by atoms with van der Waals surface area (Å²) < 4.78 is 4.79. The number of anilines is 2. The number of nitrogen functional groups attached to an aromatic ring is 1. The number of carbonyl (C=O) groups excluding carboxylic acids is 1. The highest BCUT2D eigenvalue weighted by Gasteiger charge is 2.17. The van der Waals surface area contributed by atoms with Crippen LogP contribution in [-0.2, 0) is 11.3 Å². The quantitative estimate of drug-likeness (QED) is 0.874. The number of benzene rings is 1. The summed E-state index contributed by atoms with van der Waals surface area (Å²) >= 11 is 0. The Labute approximate surface area is 124 Å².